The van der Waals surface area contributed by atoms with Gasteiger partial charge in [0, 0.05) is 0 Å². The van der Waals surface area contributed by atoms with Crippen LogP contribution in [0.3, 0.4) is 0 Å². The highest BCUT2D eigenvalue weighted by Crippen LogP contribution is 2.34. The molecule has 1 heteroatoms. The molecule has 0 atom stereocenters. The Morgan fingerprint density at radius 3 is 2.23 bits per heavy atom. The van der Waals surface area contributed by atoms with Crippen molar-refractivity contribution in [3.8, 4) is 0 Å². The molecule has 0 unspecified atom stereocenters. The second-order valence-electron chi connectivity index (χ2n) is 7.04. The van der Waals surface area contributed by atoms with E-state index in [4.69, 9.17) is 0 Å². The number of hydrogen-bond donors (Lipinski definition) is 0. The standard InChI is InChI=1S/C21H27F/c1-2-3-16-4-6-17(7-5-16)8-9-18-10-11-20-15-21(22)13-12-19(20)14-18/h10-17H,2-9H2,1H3. The molecule has 0 aromatic heterocycles. The summed E-state index contributed by atoms with van der Waals surface area (Å²) in [5.41, 5.74) is 1.40. The molecule has 118 valence electrons. The fourth-order valence-electron chi connectivity index (χ4n) is 4.01. The van der Waals surface area contributed by atoms with E-state index in [0.29, 0.717) is 0 Å². The van der Waals surface area contributed by atoms with Crippen LogP contribution in [0.4, 0.5) is 4.39 Å². The molecule has 2 aromatic carbocycles. The normalized spacial score (nSPS) is 22.1. The third-order valence-corrected chi connectivity index (χ3v) is 5.37. The first-order valence-electron chi connectivity index (χ1n) is 8.93. The quantitative estimate of drug-likeness (QED) is 0.589. The third-order valence-electron chi connectivity index (χ3n) is 5.37. The fraction of sp³-hybridized carbons (Fsp3) is 0.524. The van der Waals surface area contributed by atoms with Crippen LogP contribution in [0.5, 0.6) is 0 Å². The zero-order chi connectivity index (χ0) is 15.4. The third kappa shape index (κ3) is 3.88. The van der Waals surface area contributed by atoms with E-state index in [1.165, 1.54) is 50.5 Å². The summed E-state index contributed by atoms with van der Waals surface area (Å²) >= 11 is 0. The first kappa shape index (κ1) is 15.5. The molecule has 1 aliphatic rings. The minimum atomic E-state index is -0.149. The molecule has 0 aliphatic heterocycles. The topological polar surface area (TPSA) is 0 Å². The van der Waals surface area contributed by atoms with Gasteiger partial charge in [0.15, 0.2) is 0 Å². The molecule has 0 N–H and O–H groups in total. The van der Waals surface area contributed by atoms with Crippen molar-refractivity contribution >= 4 is 10.8 Å². The number of benzene rings is 2. The highest BCUT2D eigenvalue weighted by Gasteiger charge is 2.20. The second kappa shape index (κ2) is 7.26. The molecule has 2 aromatic rings. The van der Waals surface area contributed by atoms with Crippen molar-refractivity contribution in [1.29, 1.82) is 0 Å². The van der Waals surface area contributed by atoms with Gasteiger partial charge in [-0.05, 0) is 53.1 Å². The zero-order valence-corrected chi connectivity index (χ0v) is 13.7. The van der Waals surface area contributed by atoms with Crippen LogP contribution in [0.1, 0.15) is 57.4 Å². The van der Waals surface area contributed by atoms with Crippen LogP contribution in [-0.2, 0) is 6.42 Å². The monoisotopic (exact) mass is 298 g/mol. The van der Waals surface area contributed by atoms with Crippen LogP contribution in [0.2, 0.25) is 0 Å². The lowest BCUT2D eigenvalue weighted by Crippen LogP contribution is -2.15. The number of hydrogen-bond acceptors (Lipinski definition) is 0. The molecule has 0 spiro atoms. The molecule has 3 rings (SSSR count). The van der Waals surface area contributed by atoms with E-state index in [-0.39, 0.29) is 5.82 Å². The zero-order valence-electron chi connectivity index (χ0n) is 13.7. The van der Waals surface area contributed by atoms with Crippen molar-refractivity contribution in [3.63, 3.8) is 0 Å². The SMILES string of the molecule is CCCC1CCC(CCc2ccc3cc(F)ccc3c2)CC1. The Balaban J connectivity index is 1.55. The molecule has 0 nitrogen and oxygen atoms in total. The Labute approximate surface area is 133 Å². The van der Waals surface area contributed by atoms with Gasteiger partial charge < -0.3 is 0 Å². The average Bonchev–Trinajstić information content (AvgIpc) is 2.54. The highest BCUT2D eigenvalue weighted by atomic mass is 19.1. The summed E-state index contributed by atoms with van der Waals surface area (Å²) in [6, 6.07) is 11.5. The molecule has 1 aliphatic carbocycles. The van der Waals surface area contributed by atoms with Gasteiger partial charge in [-0.3, -0.25) is 0 Å². The summed E-state index contributed by atoms with van der Waals surface area (Å²) < 4.78 is 13.2. The van der Waals surface area contributed by atoms with E-state index in [0.717, 1.165) is 29.0 Å². The van der Waals surface area contributed by atoms with Gasteiger partial charge in [-0.15, -0.1) is 0 Å². The Hall–Kier alpha value is -1.37. The number of aryl methyl sites for hydroxylation is 1. The maximum atomic E-state index is 13.2. The predicted octanol–water partition coefficient (Wildman–Crippen LogP) is 6.52. The molecule has 0 saturated heterocycles. The van der Waals surface area contributed by atoms with Gasteiger partial charge in [0.25, 0.3) is 0 Å². The van der Waals surface area contributed by atoms with Gasteiger partial charge in [0.2, 0.25) is 0 Å². The average molecular weight is 298 g/mol. The van der Waals surface area contributed by atoms with Gasteiger partial charge in [-0.1, -0.05) is 69.7 Å². The van der Waals surface area contributed by atoms with Gasteiger partial charge in [-0.2, -0.15) is 0 Å². The molecule has 22 heavy (non-hydrogen) atoms. The van der Waals surface area contributed by atoms with E-state index in [9.17, 15) is 4.39 Å². The maximum absolute atomic E-state index is 13.2. The van der Waals surface area contributed by atoms with Crippen LogP contribution in [-0.4, -0.2) is 0 Å². The molecular formula is C21H27F. The van der Waals surface area contributed by atoms with E-state index in [1.54, 1.807) is 12.1 Å². The van der Waals surface area contributed by atoms with Crippen LogP contribution in [0, 0.1) is 17.7 Å². The van der Waals surface area contributed by atoms with E-state index in [2.05, 4.69) is 25.1 Å². The smallest absolute Gasteiger partial charge is 0.123 e. The first-order valence-corrected chi connectivity index (χ1v) is 8.93. The molecule has 1 saturated carbocycles. The summed E-state index contributed by atoms with van der Waals surface area (Å²) in [6.07, 6.45) is 11.0. The summed E-state index contributed by atoms with van der Waals surface area (Å²) in [7, 11) is 0. The van der Waals surface area contributed by atoms with Crippen molar-refractivity contribution in [3.05, 3.63) is 47.8 Å². The lowest BCUT2D eigenvalue weighted by atomic mass is 9.78. The minimum absolute atomic E-state index is 0.149. The van der Waals surface area contributed by atoms with Crippen LogP contribution < -0.4 is 0 Å². The Morgan fingerprint density at radius 2 is 1.50 bits per heavy atom. The Morgan fingerprint density at radius 1 is 0.864 bits per heavy atom. The molecule has 0 amide bonds. The van der Waals surface area contributed by atoms with Crippen LogP contribution in [0.15, 0.2) is 36.4 Å². The van der Waals surface area contributed by atoms with E-state index < -0.39 is 0 Å². The molecular weight excluding hydrogens is 271 g/mol. The highest BCUT2D eigenvalue weighted by molar-refractivity contribution is 5.83. The fourth-order valence-corrected chi connectivity index (χ4v) is 4.01. The summed E-state index contributed by atoms with van der Waals surface area (Å²) in [5.74, 6) is 1.76. The molecule has 0 radical (unpaired) electrons. The Bertz CT molecular complexity index is 608. The van der Waals surface area contributed by atoms with Gasteiger partial charge in [0.1, 0.15) is 5.82 Å². The number of rotatable bonds is 5. The summed E-state index contributed by atoms with van der Waals surface area (Å²) in [5, 5.41) is 2.16. The molecule has 1 fully saturated rings. The van der Waals surface area contributed by atoms with Gasteiger partial charge in [-0.25, -0.2) is 4.39 Å². The summed E-state index contributed by atoms with van der Waals surface area (Å²) in [4.78, 5) is 0. The van der Waals surface area contributed by atoms with Crippen molar-refractivity contribution < 1.29 is 4.39 Å². The van der Waals surface area contributed by atoms with Crippen molar-refractivity contribution in [2.75, 3.05) is 0 Å². The lowest BCUT2D eigenvalue weighted by molar-refractivity contribution is 0.252. The van der Waals surface area contributed by atoms with Crippen molar-refractivity contribution in [2.45, 2.75) is 58.3 Å². The predicted molar refractivity (Wildman–Crippen MR) is 92.6 cm³/mol. The summed E-state index contributed by atoms with van der Waals surface area (Å²) in [6.45, 7) is 2.30. The van der Waals surface area contributed by atoms with Crippen molar-refractivity contribution in [1.82, 2.24) is 0 Å². The van der Waals surface area contributed by atoms with Crippen LogP contribution >= 0.6 is 0 Å². The minimum Gasteiger partial charge on any atom is -0.207 e. The maximum Gasteiger partial charge on any atom is 0.123 e. The number of fused-ring (bicyclic) bond motifs is 1. The van der Waals surface area contributed by atoms with Gasteiger partial charge in [0.05, 0.1) is 0 Å². The molecule has 0 heterocycles. The largest absolute Gasteiger partial charge is 0.207 e. The number of halogens is 1. The van der Waals surface area contributed by atoms with E-state index in [1.807, 2.05) is 6.07 Å². The Kier molecular flexibility index (Phi) is 5.12. The second-order valence-corrected chi connectivity index (χ2v) is 7.04. The molecule has 0 bridgehead atoms. The lowest BCUT2D eigenvalue weighted by Gasteiger charge is -2.28. The van der Waals surface area contributed by atoms with Crippen LogP contribution in [0.25, 0.3) is 10.8 Å². The van der Waals surface area contributed by atoms with E-state index >= 15 is 0 Å². The first-order chi connectivity index (χ1) is 10.7. The van der Waals surface area contributed by atoms with Crippen molar-refractivity contribution in [2.24, 2.45) is 11.8 Å². The van der Waals surface area contributed by atoms with Gasteiger partial charge >= 0.3 is 0 Å².